The molecule has 12 heavy (non-hydrogen) atoms. The minimum absolute atomic E-state index is 0. The summed E-state index contributed by atoms with van der Waals surface area (Å²) in [5, 5.41) is 0. The molecule has 0 atom stereocenters. The average Bonchev–Trinajstić information content (AvgIpc) is 1.14. The topological polar surface area (TPSA) is 124 Å². The maximum atomic E-state index is 9.63. The molecule has 0 saturated carbocycles. The summed E-state index contributed by atoms with van der Waals surface area (Å²) >= 11 is 0. The zero-order valence-corrected chi connectivity index (χ0v) is 18.1. The number of phosphoric acid groups is 2. The van der Waals surface area contributed by atoms with Gasteiger partial charge in [-0.3, -0.25) is 0 Å². The largest absolute Gasteiger partial charge is 1.00 e. The molecule has 0 aliphatic heterocycles. The standard InChI is InChI=1S/3K.H4O7P2/c;;;1-8(2,3)7-9(4,5)6/h;;;(H2,1,2,3)(H2,4,5,6)/q3*+1;. The summed E-state index contributed by atoms with van der Waals surface area (Å²) < 4.78 is 22.2. The van der Waals surface area contributed by atoms with Gasteiger partial charge >= 0.3 is 170 Å². The van der Waals surface area contributed by atoms with E-state index in [2.05, 4.69) is 4.31 Å². The molecular weight excluding hydrogens is 291 g/mol. The molecule has 0 heterocycles. The SMILES string of the molecule is O=P(O)(O)OP(=O)(O)O.[K+].[K+].[K+]. The molecule has 0 radical (unpaired) electrons. The Morgan fingerprint density at radius 2 is 0.917 bits per heavy atom. The summed E-state index contributed by atoms with van der Waals surface area (Å²) in [4.78, 5) is 31.0. The Hall–Kier alpha value is 5.17. The Bertz CT molecular complexity index is 157. The predicted molar refractivity (Wildman–Crippen MR) is 25.2 cm³/mol. The van der Waals surface area contributed by atoms with Crippen molar-refractivity contribution in [3.8, 4) is 0 Å². The van der Waals surface area contributed by atoms with Crippen LogP contribution in [0.4, 0.5) is 0 Å². The van der Waals surface area contributed by atoms with Crippen molar-refractivity contribution in [2.45, 2.75) is 0 Å². The molecule has 0 unspecified atom stereocenters. The molecule has 0 aromatic rings. The van der Waals surface area contributed by atoms with Crippen LogP contribution >= 0.6 is 15.6 Å². The number of rotatable bonds is 2. The molecule has 0 rings (SSSR count). The van der Waals surface area contributed by atoms with Crippen LogP contribution in [-0.4, -0.2) is 19.6 Å². The maximum Gasteiger partial charge on any atom is 1.00 e. The maximum absolute atomic E-state index is 9.63. The summed E-state index contributed by atoms with van der Waals surface area (Å²) in [7, 11) is -10.1. The van der Waals surface area contributed by atoms with E-state index in [1.807, 2.05) is 0 Å². The average molecular weight is 295 g/mol. The van der Waals surface area contributed by atoms with E-state index in [4.69, 9.17) is 19.6 Å². The quantitative estimate of drug-likeness (QED) is 0.294. The third-order valence-electron chi connectivity index (χ3n) is 0.213. The van der Waals surface area contributed by atoms with Gasteiger partial charge in [0.15, 0.2) is 0 Å². The molecule has 0 amide bonds. The van der Waals surface area contributed by atoms with E-state index in [0.717, 1.165) is 0 Å². The third kappa shape index (κ3) is 24.4. The summed E-state index contributed by atoms with van der Waals surface area (Å²) in [6.45, 7) is 0. The smallest absolute Gasteiger partial charge is 0.302 e. The van der Waals surface area contributed by atoms with Crippen molar-refractivity contribution >= 4 is 15.6 Å². The minimum Gasteiger partial charge on any atom is -0.302 e. The van der Waals surface area contributed by atoms with Gasteiger partial charge < -0.3 is 19.6 Å². The van der Waals surface area contributed by atoms with Gasteiger partial charge in [-0.1, -0.05) is 0 Å². The zero-order chi connectivity index (χ0) is 7.71. The van der Waals surface area contributed by atoms with Crippen molar-refractivity contribution in [2.24, 2.45) is 0 Å². The molecule has 0 saturated heterocycles. The van der Waals surface area contributed by atoms with Gasteiger partial charge in [-0.15, -0.1) is 0 Å². The van der Waals surface area contributed by atoms with E-state index in [-0.39, 0.29) is 154 Å². The van der Waals surface area contributed by atoms with Crippen molar-refractivity contribution in [2.75, 3.05) is 0 Å². The second-order valence-electron chi connectivity index (χ2n) is 1.06. The first-order valence-corrected chi connectivity index (χ1v) is 4.59. The molecule has 56 valence electrons. The van der Waals surface area contributed by atoms with E-state index in [1.165, 1.54) is 0 Å². The first-order valence-electron chi connectivity index (χ1n) is 1.53. The number of hydrogen-bond acceptors (Lipinski definition) is 3. The van der Waals surface area contributed by atoms with E-state index in [1.54, 1.807) is 0 Å². The normalized spacial score (nSPS) is 10.3. The summed E-state index contributed by atoms with van der Waals surface area (Å²) in [5.74, 6) is 0. The Labute approximate surface area is 197 Å². The Morgan fingerprint density at radius 3 is 0.917 bits per heavy atom. The van der Waals surface area contributed by atoms with E-state index >= 15 is 0 Å². The van der Waals surface area contributed by atoms with Crippen LogP contribution in [0.15, 0.2) is 0 Å². The van der Waals surface area contributed by atoms with Gasteiger partial charge in [0.1, 0.15) is 0 Å². The molecular formula is H4K3O7P2+3. The van der Waals surface area contributed by atoms with Crippen LogP contribution in [0.3, 0.4) is 0 Å². The van der Waals surface area contributed by atoms with Gasteiger partial charge in [0.2, 0.25) is 0 Å². The van der Waals surface area contributed by atoms with Crippen LogP contribution in [0.2, 0.25) is 0 Å². The zero-order valence-electron chi connectivity index (χ0n) is 6.91. The summed E-state index contributed by atoms with van der Waals surface area (Å²) in [6, 6.07) is 0. The predicted octanol–water partition coefficient (Wildman–Crippen LogP) is -9.80. The van der Waals surface area contributed by atoms with Gasteiger partial charge in [0.25, 0.3) is 0 Å². The fourth-order valence-corrected chi connectivity index (χ4v) is 1.25. The molecule has 0 aromatic carbocycles. The van der Waals surface area contributed by atoms with Crippen LogP contribution < -0.4 is 154 Å². The van der Waals surface area contributed by atoms with Gasteiger partial charge in [-0.25, -0.2) is 9.13 Å². The van der Waals surface area contributed by atoms with Crippen LogP contribution in [0, 0.1) is 0 Å². The molecule has 7 nitrogen and oxygen atoms in total. The molecule has 0 aliphatic carbocycles. The van der Waals surface area contributed by atoms with E-state index < -0.39 is 15.6 Å². The van der Waals surface area contributed by atoms with Crippen molar-refractivity contribution in [1.29, 1.82) is 0 Å². The first-order chi connectivity index (χ1) is 3.71. The monoisotopic (exact) mass is 295 g/mol. The molecule has 0 spiro atoms. The van der Waals surface area contributed by atoms with Crippen LogP contribution in [0.25, 0.3) is 0 Å². The Kier molecular flexibility index (Phi) is 24.3. The van der Waals surface area contributed by atoms with Crippen LogP contribution in [0.5, 0.6) is 0 Å². The van der Waals surface area contributed by atoms with Crippen molar-refractivity contribution < 1.29 is 187 Å². The van der Waals surface area contributed by atoms with E-state index in [0.29, 0.717) is 0 Å². The van der Waals surface area contributed by atoms with Crippen LogP contribution in [0.1, 0.15) is 0 Å². The van der Waals surface area contributed by atoms with Crippen molar-refractivity contribution in [1.82, 2.24) is 0 Å². The molecule has 0 fully saturated rings. The minimum atomic E-state index is -5.05. The summed E-state index contributed by atoms with van der Waals surface area (Å²) in [5.41, 5.74) is 0. The second kappa shape index (κ2) is 11.3. The number of hydrogen-bond donors (Lipinski definition) is 4. The fourth-order valence-electron chi connectivity index (χ4n) is 0.139. The van der Waals surface area contributed by atoms with E-state index in [9.17, 15) is 9.13 Å². The first kappa shape index (κ1) is 25.9. The Balaban J connectivity index is -0.000000107. The molecule has 12 heteroatoms. The molecule has 0 aliphatic rings. The molecule has 4 N–H and O–H groups in total. The molecule has 0 bridgehead atoms. The van der Waals surface area contributed by atoms with Crippen molar-refractivity contribution in [3.05, 3.63) is 0 Å². The van der Waals surface area contributed by atoms with Gasteiger partial charge in [-0.05, 0) is 0 Å². The summed E-state index contributed by atoms with van der Waals surface area (Å²) in [6.07, 6.45) is 0. The molecule has 0 aromatic heterocycles. The van der Waals surface area contributed by atoms with Gasteiger partial charge in [0.05, 0.1) is 0 Å². The van der Waals surface area contributed by atoms with Crippen molar-refractivity contribution in [3.63, 3.8) is 0 Å². The van der Waals surface area contributed by atoms with Gasteiger partial charge in [0, 0.05) is 0 Å². The van der Waals surface area contributed by atoms with Crippen LogP contribution in [-0.2, 0) is 13.4 Å². The fraction of sp³-hybridized carbons (Fsp3) is 0. The van der Waals surface area contributed by atoms with Gasteiger partial charge in [-0.2, -0.15) is 4.31 Å². The second-order valence-corrected chi connectivity index (χ2v) is 3.68. The third-order valence-corrected chi connectivity index (χ3v) is 1.91. The Morgan fingerprint density at radius 1 is 0.750 bits per heavy atom.